The maximum atomic E-state index is 11.3. The molecule has 1 amide bonds. The normalized spacial score (nSPS) is 10.3. The molecule has 16 heavy (non-hydrogen) atoms. The van der Waals surface area contributed by atoms with Gasteiger partial charge in [-0.3, -0.25) is 4.79 Å². The number of nitrogens with one attached hydrogen (secondary N) is 2. The Bertz CT molecular complexity index is 288. The Morgan fingerprint density at radius 1 is 1.50 bits per heavy atom. The number of hydrogen-bond donors (Lipinski definition) is 2. The molecule has 0 aliphatic heterocycles. The molecule has 0 fully saturated rings. The highest BCUT2D eigenvalue weighted by atomic mass is 32.1. The fourth-order valence-corrected chi connectivity index (χ4v) is 1.88. The standard InChI is InChI=1S/C11H18N2O2S/c1-15-7-6-13-11(14)4-5-12-9-10-3-2-8-16-10/h2-3,8,12H,4-7,9H2,1H3,(H,13,14). The van der Waals surface area contributed by atoms with E-state index < -0.39 is 0 Å². The van der Waals surface area contributed by atoms with Crippen LogP contribution in [0.5, 0.6) is 0 Å². The Hall–Kier alpha value is -0.910. The van der Waals surface area contributed by atoms with Crippen LogP contribution in [0.3, 0.4) is 0 Å². The average Bonchev–Trinajstić information content (AvgIpc) is 2.78. The number of thiophene rings is 1. The summed E-state index contributed by atoms with van der Waals surface area (Å²) in [6, 6.07) is 4.11. The highest BCUT2D eigenvalue weighted by Gasteiger charge is 1.99. The number of rotatable bonds is 8. The van der Waals surface area contributed by atoms with Crippen molar-refractivity contribution < 1.29 is 9.53 Å². The zero-order valence-electron chi connectivity index (χ0n) is 9.49. The summed E-state index contributed by atoms with van der Waals surface area (Å²) in [6.45, 7) is 2.69. The zero-order chi connectivity index (χ0) is 11.6. The van der Waals surface area contributed by atoms with Crippen LogP contribution in [0.15, 0.2) is 17.5 Å². The van der Waals surface area contributed by atoms with Gasteiger partial charge in [0.2, 0.25) is 5.91 Å². The predicted molar refractivity (Wildman–Crippen MR) is 65.5 cm³/mol. The predicted octanol–water partition coefficient (Wildman–Crippen LogP) is 0.990. The first kappa shape index (κ1) is 13.2. The monoisotopic (exact) mass is 242 g/mol. The first-order valence-corrected chi connectivity index (χ1v) is 6.19. The summed E-state index contributed by atoms with van der Waals surface area (Å²) in [5, 5.41) is 8.05. The molecule has 0 radical (unpaired) electrons. The molecule has 4 nitrogen and oxygen atoms in total. The zero-order valence-corrected chi connectivity index (χ0v) is 10.3. The number of hydrogen-bond acceptors (Lipinski definition) is 4. The highest BCUT2D eigenvalue weighted by Crippen LogP contribution is 2.06. The second kappa shape index (κ2) is 8.27. The lowest BCUT2D eigenvalue weighted by molar-refractivity contribution is -0.121. The maximum Gasteiger partial charge on any atom is 0.221 e. The van der Waals surface area contributed by atoms with Crippen LogP contribution >= 0.6 is 11.3 Å². The third-order valence-electron chi connectivity index (χ3n) is 2.04. The van der Waals surface area contributed by atoms with Crippen molar-refractivity contribution in [3.63, 3.8) is 0 Å². The van der Waals surface area contributed by atoms with Crippen molar-refractivity contribution in [1.29, 1.82) is 0 Å². The van der Waals surface area contributed by atoms with Crippen molar-refractivity contribution in [1.82, 2.24) is 10.6 Å². The molecule has 0 aromatic carbocycles. The van der Waals surface area contributed by atoms with E-state index in [1.807, 2.05) is 6.07 Å². The third-order valence-corrected chi connectivity index (χ3v) is 2.91. The minimum absolute atomic E-state index is 0.0655. The second-order valence-corrected chi connectivity index (χ2v) is 4.38. The minimum Gasteiger partial charge on any atom is -0.383 e. The number of ether oxygens (including phenoxy) is 1. The van der Waals surface area contributed by atoms with E-state index in [4.69, 9.17) is 4.74 Å². The van der Waals surface area contributed by atoms with Gasteiger partial charge in [-0.25, -0.2) is 0 Å². The van der Waals surface area contributed by atoms with Gasteiger partial charge in [-0.1, -0.05) is 6.07 Å². The van der Waals surface area contributed by atoms with E-state index >= 15 is 0 Å². The van der Waals surface area contributed by atoms with Gasteiger partial charge in [-0.05, 0) is 11.4 Å². The highest BCUT2D eigenvalue weighted by molar-refractivity contribution is 7.09. The van der Waals surface area contributed by atoms with Gasteiger partial charge in [-0.15, -0.1) is 11.3 Å². The molecule has 0 aliphatic rings. The van der Waals surface area contributed by atoms with Crippen LogP contribution in [0.4, 0.5) is 0 Å². The molecule has 0 saturated carbocycles. The van der Waals surface area contributed by atoms with Crippen LogP contribution in [-0.4, -0.2) is 32.7 Å². The Morgan fingerprint density at radius 2 is 2.38 bits per heavy atom. The Balaban J connectivity index is 1.96. The number of carbonyl (C=O) groups excluding carboxylic acids is 1. The molecule has 1 rings (SSSR count). The topological polar surface area (TPSA) is 50.4 Å². The van der Waals surface area contributed by atoms with E-state index in [1.165, 1.54) is 4.88 Å². The Kier molecular flexibility index (Phi) is 6.80. The van der Waals surface area contributed by atoms with Crippen LogP contribution in [0.2, 0.25) is 0 Å². The molecule has 2 N–H and O–H groups in total. The van der Waals surface area contributed by atoms with E-state index in [2.05, 4.69) is 22.1 Å². The van der Waals surface area contributed by atoms with Gasteiger partial charge in [0.25, 0.3) is 0 Å². The molecule has 1 heterocycles. The fraction of sp³-hybridized carbons (Fsp3) is 0.545. The molecule has 0 atom stereocenters. The SMILES string of the molecule is COCCNC(=O)CCNCc1cccs1. The fourth-order valence-electron chi connectivity index (χ4n) is 1.21. The smallest absolute Gasteiger partial charge is 0.221 e. The van der Waals surface area contributed by atoms with E-state index in [9.17, 15) is 4.79 Å². The van der Waals surface area contributed by atoms with E-state index in [0.717, 1.165) is 6.54 Å². The van der Waals surface area contributed by atoms with Crippen LogP contribution in [0.1, 0.15) is 11.3 Å². The summed E-state index contributed by atoms with van der Waals surface area (Å²) in [5.41, 5.74) is 0. The van der Waals surface area contributed by atoms with Crippen molar-refractivity contribution in [2.45, 2.75) is 13.0 Å². The molecular formula is C11H18N2O2S. The first-order valence-electron chi connectivity index (χ1n) is 5.31. The third kappa shape index (κ3) is 5.85. The lowest BCUT2D eigenvalue weighted by Crippen LogP contribution is -2.29. The summed E-state index contributed by atoms with van der Waals surface area (Å²) in [4.78, 5) is 12.6. The molecule has 0 unspecified atom stereocenters. The molecule has 5 heteroatoms. The summed E-state index contributed by atoms with van der Waals surface area (Å²) in [5.74, 6) is 0.0655. The molecular weight excluding hydrogens is 224 g/mol. The van der Waals surface area contributed by atoms with Crippen molar-refractivity contribution >= 4 is 17.2 Å². The quantitative estimate of drug-likeness (QED) is 0.668. The molecule has 90 valence electrons. The van der Waals surface area contributed by atoms with Gasteiger partial charge in [-0.2, -0.15) is 0 Å². The van der Waals surface area contributed by atoms with Crippen molar-refractivity contribution in [2.75, 3.05) is 26.8 Å². The lowest BCUT2D eigenvalue weighted by Gasteiger charge is -2.05. The van der Waals surface area contributed by atoms with Crippen LogP contribution in [0, 0.1) is 0 Å². The summed E-state index contributed by atoms with van der Waals surface area (Å²) < 4.78 is 4.84. The first-order chi connectivity index (χ1) is 7.83. The Morgan fingerprint density at radius 3 is 3.06 bits per heavy atom. The number of carbonyl (C=O) groups is 1. The minimum atomic E-state index is 0.0655. The van der Waals surface area contributed by atoms with Gasteiger partial charge < -0.3 is 15.4 Å². The van der Waals surface area contributed by atoms with Crippen molar-refractivity contribution in [3.05, 3.63) is 22.4 Å². The molecule has 0 bridgehead atoms. The van der Waals surface area contributed by atoms with Crippen LogP contribution in [-0.2, 0) is 16.1 Å². The molecule has 0 spiro atoms. The molecule has 0 saturated heterocycles. The molecule has 1 aromatic heterocycles. The maximum absolute atomic E-state index is 11.3. The number of methoxy groups -OCH3 is 1. The van der Waals surface area contributed by atoms with E-state index in [-0.39, 0.29) is 5.91 Å². The van der Waals surface area contributed by atoms with Crippen LogP contribution in [0.25, 0.3) is 0 Å². The second-order valence-electron chi connectivity index (χ2n) is 3.35. The van der Waals surface area contributed by atoms with E-state index in [1.54, 1.807) is 18.4 Å². The van der Waals surface area contributed by atoms with Crippen LogP contribution < -0.4 is 10.6 Å². The van der Waals surface area contributed by atoms with Gasteiger partial charge in [0.05, 0.1) is 6.61 Å². The Labute approximate surface area is 100 Å². The van der Waals surface area contributed by atoms with Gasteiger partial charge in [0, 0.05) is 38.0 Å². The van der Waals surface area contributed by atoms with Gasteiger partial charge >= 0.3 is 0 Å². The molecule has 1 aromatic rings. The molecule has 0 aliphatic carbocycles. The van der Waals surface area contributed by atoms with Crippen molar-refractivity contribution in [2.24, 2.45) is 0 Å². The van der Waals surface area contributed by atoms with Gasteiger partial charge in [0.1, 0.15) is 0 Å². The number of amides is 1. The van der Waals surface area contributed by atoms with E-state index in [0.29, 0.717) is 26.1 Å². The summed E-state index contributed by atoms with van der Waals surface area (Å²) in [6.07, 6.45) is 0.509. The van der Waals surface area contributed by atoms with Gasteiger partial charge in [0.15, 0.2) is 0 Å². The largest absolute Gasteiger partial charge is 0.383 e. The lowest BCUT2D eigenvalue weighted by atomic mass is 10.4. The summed E-state index contributed by atoms with van der Waals surface area (Å²) >= 11 is 1.72. The summed E-state index contributed by atoms with van der Waals surface area (Å²) in [7, 11) is 1.62. The average molecular weight is 242 g/mol. The van der Waals surface area contributed by atoms with Crippen molar-refractivity contribution in [3.8, 4) is 0 Å².